The number of ether oxygens (including phenoxy) is 2. The molecule has 2 amide bonds. The molecule has 4 rings (SSSR count). The van der Waals surface area contributed by atoms with Crippen LogP contribution in [0.4, 0.5) is 5.69 Å². The molecule has 0 radical (unpaired) electrons. The van der Waals surface area contributed by atoms with E-state index < -0.39 is 0 Å². The Balaban J connectivity index is 0.00000210. The summed E-state index contributed by atoms with van der Waals surface area (Å²) in [5.74, 6) is 1.08. The fraction of sp³-hybridized carbons (Fsp3) is 0.579. The molecule has 0 saturated carbocycles. The lowest BCUT2D eigenvalue weighted by molar-refractivity contribution is -0.135. The number of carbonyl (C=O) groups is 2. The fourth-order valence-corrected chi connectivity index (χ4v) is 3.96. The Bertz CT molecular complexity index is 744. The van der Waals surface area contributed by atoms with Crippen LogP contribution in [0.25, 0.3) is 0 Å². The highest BCUT2D eigenvalue weighted by Gasteiger charge is 2.41. The molecule has 2 atom stereocenters. The van der Waals surface area contributed by atoms with E-state index in [0.29, 0.717) is 44.3 Å². The molecule has 2 saturated heterocycles. The summed E-state index contributed by atoms with van der Waals surface area (Å²) in [6, 6.07) is 5.49. The summed E-state index contributed by atoms with van der Waals surface area (Å²) in [6.07, 6.45) is 1.17. The number of amides is 2. The Morgan fingerprint density at radius 2 is 2.04 bits per heavy atom. The van der Waals surface area contributed by atoms with Crippen molar-refractivity contribution in [2.24, 2.45) is 17.1 Å². The van der Waals surface area contributed by atoms with Gasteiger partial charge in [0.1, 0.15) is 13.2 Å². The van der Waals surface area contributed by atoms with Crippen LogP contribution in [-0.4, -0.2) is 56.1 Å². The molecule has 3 aliphatic heterocycles. The number of nitrogens with two attached hydrogens (primary N) is 1. The first-order chi connectivity index (χ1) is 12.5. The predicted molar refractivity (Wildman–Crippen MR) is 103 cm³/mol. The van der Waals surface area contributed by atoms with Gasteiger partial charge in [0.25, 0.3) is 0 Å². The first kappa shape index (κ1) is 19.8. The zero-order valence-corrected chi connectivity index (χ0v) is 16.3. The maximum absolute atomic E-state index is 12.9. The molecule has 2 fully saturated rings. The fourth-order valence-electron chi connectivity index (χ4n) is 3.96. The minimum absolute atomic E-state index is 0. The molecule has 0 spiro atoms. The third kappa shape index (κ3) is 3.71. The summed E-state index contributed by atoms with van der Waals surface area (Å²) in [5.41, 5.74) is 6.58. The van der Waals surface area contributed by atoms with Gasteiger partial charge in [-0.15, -0.1) is 12.4 Å². The van der Waals surface area contributed by atoms with E-state index in [2.05, 4.69) is 6.92 Å². The van der Waals surface area contributed by atoms with Crippen LogP contribution in [0, 0.1) is 11.3 Å². The summed E-state index contributed by atoms with van der Waals surface area (Å²) in [4.78, 5) is 28.9. The lowest BCUT2D eigenvalue weighted by Crippen LogP contribution is -2.38. The second-order valence-electron chi connectivity index (χ2n) is 7.76. The molecule has 3 aliphatic rings. The van der Waals surface area contributed by atoms with Crippen LogP contribution < -0.4 is 20.1 Å². The molecule has 0 aromatic heterocycles. The van der Waals surface area contributed by atoms with Crippen LogP contribution in [0.2, 0.25) is 0 Å². The number of benzene rings is 1. The smallest absolute Gasteiger partial charge is 0.228 e. The van der Waals surface area contributed by atoms with Gasteiger partial charge in [-0.25, -0.2) is 0 Å². The highest BCUT2D eigenvalue weighted by Crippen LogP contribution is 2.37. The number of carbonyl (C=O) groups excluding carboxylic acids is 2. The van der Waals surface area contributed by atoms with E-state index in [1.807, 2.05) is 23.1 Å². The number of halogens is 1. The number of fused-ring (bicyclic) bond motifs is 1. The summed E-state index contributed by atoms with van der Waals surface area (Å²) in [6.45, 7) is 5.53. The zero-order valence-electron chi connectivity index (χ0n) is 15.5. The molecule has 148 valence electrons. The minimum Gasteiger partial charge on any atom is -0.486 e. The SMILES string of the molecule is CC1(CN)CCN(C(=O)C2CC(=O)N(c3ccc4c(c3)OCCO4)C2)C1.Cl. The van der Waals surface area contributed by atoms with E-state index in [9.17, 15) is 9.59 Å². The Morgan fingerprint density at radius 1 is 1.30 bits per heavy atom. The minimum atomic E-state index is -0.296. The number of anilines is 1. The largest absolute Gasteiger partial charge is 0.486 e. The molecule has 2 unspecified atom stereocenters. The van der Waals surface area contributed by atoms with Gasteiger partial charge in [-0.2, -0.15) is 0 Å². The molecule has 3 heterocycles. The normalized spacial score (nSPS) is 26.9. The van der Waals surface area contributed by atoms with Crippen molar-refractivity contribution in [3.63, 3.8) is 0 Å². The maximum atomic E-state index is 12.9. The van der Waals surface area contributed by atoms with Gasteiger partial charge in [0.2, 0.25) is 11.8 Å². The Labute approximate surface area is 165 Å². The second kappa shape index (κ2) is 7.56. The van der Waals surface area contributed by atoms with Crippen molar-refractivity contribution in [1.82, 2.24) is 4.90 Å². The van der Waals surface area contributed by atoms with Gasteiger partial charge in [-0.05, 0) is 30.5 Å². The molecule has 1 aromatic carbocycles. The molecule has 1 aromatic rings. The van der Waals surface area contributed by atoms with Crippen molar-refractivity contribution >= 4 is 29.9 Å². The molecule has 8 heteroatoms. The predicted octanol–water partition coefficient (Wildman–Crippen LogP) is 1.43. The van der Waals surface area contributed by atoms with Crippen LogP contribution in [0.1, 0.15) is 19.8 Å². The van der Waals surface area contributed by atoms with Crippen LogP contribution in [0.3, 0.4) is 0 Å². The Kier molecular flexibility index (Phi) is 5.53. The average molecular weight is 396 g/mol. The average Bonchev–Trinajstić information content (AvgIpc) is 3.24. The van der Waals surface area contributed by atoms with Gasteiger partial charge in [0, 0.05) is 37.8 Å². The highest BCUT2D eigenvalue weighted by atomic mass is 35.5. The monoisotopic (exact) mass is 395 g/mol. The van der Waals surface area contributed by atoms with Crippen molar-refractivity contribution in [3.05, 3.63) is 18.2 Å². The second-order valence-corrected chi connectivity index (χ2v) is 7.76. The Morgan fingerprint density at radius 3 is 2.74 bits per heavy atom. The summed E-state index contributed by atoms with van der Waals surface area (Å²) < 4.78 is 11.1. The zero-order chi connectivity index (χ0) is 18.3. The van der Waals surface area contributed by atoms with E-state index in [0.717, 1.165) is 18.7 Å². The van der Waals surface area contributed by atoms with E-state index in [-0.39, 0.29) is 42.0 Å². The number of rotatable bonds is 3. The first-order valence-electron chi connectivity index (χ1n) is 9.18. The number of nitrogens with zero attached hydrogens (tertiary/aromatic N) is 2. The quantitative estimate of drug-likeness (QED) is 0.836. The van der Waals surface area contributed by atoms with E-state index in [4.69, 9.17) is 15.2 Å². The van der Waals surface area contributed by atoms with E-state index in [1.54, 1.807) is 4.90 Å². The topological polar surface area (TPSA) is 85.1 Å². The maximum Gasteiger partial charge on any atom is 0.228 e. The van der Waals surface area contributed by atoms with E-state index in [1.165, 1.54) is 0 Å². The first-order valence-corrected chi connectivity index (χ1v) is 9.18. The van der Waals surface area contributed by atoms with Gasteiger partial charge >= 0.3 is 0 Å². The van der Waals surface area contributed by atoms with Gasteiger partial charge < -0.3 is 25.0 Å². The third-order valence-electron chi connectivity index (χ3n) is 5.67. The van der Waals surface area contributed by atoms with Gasteiger partial charge in [0.15, 0.2) is 11.5 Å². The molecule has 7 nitrogen and oxygen atoms in total. The molecular weight excluding hydrogens is 370 g/mol. The summed E-state index contributed by atoms with van der Waals surface area (Å²) >= 11 is 0. The number of hydrogen-bond donors (Lipinski definition) is 1. The highest BCUT2D eigenvalue weighted by molar-refractivity contribution is 6.00. The van der Waals surface area contributed by atoms with Crippen LogP contribution >= 0.6 is 12.4 Å². The lowest BCUT2D eigenvalue weighted by atomic mass is 9.90. The van der Waals surface area contributed by atoms with E-state index >= 15 is 0 Å². The molecule has 27 heavy (non-hydrogen) atoms. The summed E-state index contributed by atoms with van der Waals surface area (Å²) in [5, 5.41) is 0. The van der Waals surface area contributed by atoms with Crippen molar-refractivity contribution in [2.75, 3.05) is 44.3 Å². The van der Waals surface area contributed by atoms with Crippen LogP contribution in [-0.2, 0) is 9.59 Å². The van der Waals surface area contributed by atoms with Gasteiger partial charge in [0.05, 0.1) is 5.92 Å². The summed E-state index contributed by atoms with van der Waals surface area (Å²) in [7, 11) is 0. The van der Waals surface area contributed by atoms with Crippen LogP contribution in [0.15, 0.2) is 18.2 Å². The van der Waals surface area contributed by atoms with Gasteiger partial charge in [-0.1, -0.05) is 6.92 Å². The van der Waals surface area contributed by atoms with Crippen molar-refractivity contribution in [1.29, 1.82) is 0 Å². The lowest BCUT2D eigenvalue weighted by Gasteiger charge is -2.25. The number of hydrogen-bond acceptors (Lipinski definition) is 5. The number of likely N-dealkylation sites (tertiary alicyclic amines) is 1. The Hall–Kier alpha value is -1.99. The molecule has 0 bridgehead atoms. The van der Waals surface area contributed by atoms with Crippen molar-refractivity contribution < 1.29 is 19.1 Å². The van der Waals surface area contributed by atoms with Crippen LogP contribution in [0.5, 0.6) is 11.5 Å². The molecular formula is C19H26ClN3O4. The van der Waals surface area contributed by atoms with Crippen molar-refractivity contribution in [3.8, 4) is 11.5 Å². The standard InChI is InChI=1S/C19H25N3O4.ClH/c1-19(11-20)4-5-21(12-19)18(24)13-8-17(23)22(10-13)14-2-3-15-16(9-14)26-7-6-25-15;/h2-3,9,13H,4-8,10-12,20H2,1H3;1H. The molecule has 2 N–H and O–H groups in total. The molecule has 0 aliphatic carbocycles. The third-order valence-corrected chi connectivity index (χ3v) is 5.67. The van der Waals surface area contributed by atoms with Gasteiger partial charge in [-0.3, -0.25) is 9.59 Å². The van der Waals surface area contributed by atoms with Crippen molar-refractivity contribution in [2.45, 2.75) is 19.8 Å².